The Morgan fingerprint density at radius 1 is 0.464 bits per heavy atom. The minimum absolute atomic E-state index is 0.0181. The molecule has 2 aliphatic heterocycles. The smallest absolute Gasteiger partial charge is 0.333 e. The summed E-state index contributed by atoms with van der Waals surface area (Å²) in [5, 5.41) is 9.12. The quantitative estimate of drug-likeness (QED) is 0.0456. The van der Waals surface area contributed by atoms with Gasteiger partial charge in [0.1, 0.15) is 50.3 Å². The number of carbonyl (C=O) groups excluding carboxylic acids is 6. The van der Waals surface area contributed by atoms with Gasteiger partial charge >= 0.3 is 5.97 Å². The molecule has 29 nitrogen and oxygen atoms in total. The fraction of sp³-hybridized carbons (Fsp3) is 0.559. The Balaban J connectivity index is 0.935. The van der Waals surface area contributed by atoms with Gasteiger partial charge in [-0.05, 0) is 60.0 Å². The van der Waals surface area contributed by atoms with E-state index in [0.29, 0.717) is 169 Å². The van der Waals surface area contributed by atoms with Crippen LogP contribution in [-0.2, 0) is 87.3 Å². The van der Waals surface area contributed by atoms with E-state index in [2.05, 4.69) is 16.0 Å². The highest BCUT2D eigenvalue weighted by atomic mass is 16.7. The SMILES string of the molecule is COCCOCCOCCOc1ccc2c(c1)OCCOCCOCCOCCOc1ccc(C(=O)NC(c3ccc(CCC(=O)NCCOCCOCCNC(=O)CCC(=O)ON4C(=O)CCC4=O)cc3)c3ccc(OC)cc3OC)cc1OCCOCCOCCOCCO2. The lowest BCUT2D eigenvalue weighted by molar-refractivity contribution is -0.197. The van der Waals surface area contributed by atoms with E-state index >= 15 is 0 Å². The van der Waals surface area contributed by atoms with Crippen LogP contribution in [-0.4, -0.2) is 247 Å². The van der Waals surface area contributed by atoms with E-state index in [1.54, 1.807) is 69.9 Å². The second-order valence-electron chi connectivity index (χ2n) is 21.1. The summed E-state index contributed by atoms with van der Waals surface area (Å²) in [7, 11) is 4.73. The van der Waals surface area contributed by atoms with Crippen molar-refractivity contribution in [1.82, 2.24) is 21.0 Å². The number of aryl methyl sites for hydroxylation is 1. The van der Waals surface area contributed by atoms with Crippen molar-refractivity contribution < 1.29 is 119 Å². The molecule has 0 spiro atoms. The van der Waals surface area contributed by atoms with Crippen molar-refractivity contribution in [2.24, 2.45) is 0 Å². The maximum absolute atomic E-state index is 14.4. The largest absolute Gasteiger partial charge is 0.497 e. The van der Waals surface area contributed by atoms with Gasteiger partial charge in [0.15, 0.2) is 23.0 Å². The third-order valence-electron chi connectivity index (χ3n) is 14.1. The number of ether oxygens (including phenoxy) is 18. The molecule has 97 heavy (non-hydrogen) atoms. The summed E-state index contributed by atoms with van der Waals surface area (Å²) < 4.78 is 103. The number of hydrogen-bond acceptors (Lipinski definition) is 25. The van der Waals surface area contributed by atoms with Gasteiger partial charge in [-0.25, -0.2) is 4.79 Å². The van der Waals surface area contributed by atoms with Crippen molar-refractivity contribution in [3.8, 4) is 40.2 Å². The Labute approximate surface area is 565 Å². The normalized spacial score (nSPS) is 15.5. The van der Waals surface area contributed by atoms with E-state index < -0.39 is 35.6 Å². The van der Waals surface area contributed by atoms with Crippen molar-refractivity contribution in [3.63, 3.8) is 0 Å². The molecule has 2 heterocycles. The second kappa shape index (κ2) is 47.9. The van der Waals surface area contributed by atoms with Crippen LogP contribution in [0.2, 0.25) is 0 Å². The van der Waals surface area contributed by atoms with Gasteiger partial charge in [0, 0.05) is 69.1 Å². The topological polar surface area (TPSA) is 317 Å². The zero-order chi connectivity index (χ0) is 68.8. The fourth-order valence-corrected chi connectivity index (χ4v) is 9.09. The van der Waals surface area contributed by atoms with Gasteiger partial charge in [0.2, 0.25) is 11.8 Å². The van der Waals surface area contributed by atoms with Crippen LogP contribution in [0.1, 0.15) is 65.2 Å². The summed E-state index contributed by atoms with van der Waals surface area (Å²) in [6.07, 6.45) is 0.149. The lowest BCUT2D eigenvalue weighted by atomic mass is 9.95. The average molecular weight is 1370 g/mol. The van der Waals surface area contributed by atoms with Crippen molar-refractivity contribution in [2.45, 2.75) is 44.6 Å². The monoisotopic (exact) mass is 1370 g/mol. The summed E-state index contributed by atoms with van der Waals surface area (Å²) in [4.78, 5) is 79.2. The molecule has 1 fully saturated rings. The summed E-state index contributed by atoms with van der Waals surface area (Å²) in [6, 6.07) is 22.6. The number of hydrogen-bond donors (Lipinski definition) is 3. The van der Waals surface area contributed by atoms with Crippen LogP contribution < -0.4 is 49.1 Å². The highest BCUT2D eigenvalue weighted by Crippen LogP contribution is 2.35. The van der Waals surface area contributed by atoms with Gasteiger partial charge in [-0.2, -0.15) is 0 Å². The molecule has 536 valence electrons. The van der Waals surface area contributed by atoms with E-state index in [0.717, 1.165) is 11.1 Å². The lowest BCUT2D eigenvalue weighted by Crippen LogP contribution is -2.33. The van der Waals surface area contributed by atoms with Crippen LogP contribution in [0.15, 0.2) is 78.9 Å². The summed E-state index contributed by atoms with van der Waals surface area (Å²) >= 11 is 0. The Morgan fingerprint density at radius 2 is 0.938 bits per heavy atom. The number of rotatable bonds is 32. The van der Waals surface area contributed by atoms with Gasteiger partial charge in [-0.1, -0.05) is 24.3 Å². The highest BCUT2D eigenvalue weighted by molar-refractivity contribution is 6.01. The third kappa shape index (κ3) is 31.4. The Kier molecular flexibility index (Phi) is 38.5. The van der Waals surface area contributed by atoms with Crippen LogP contribution in [0.5, 0.6) is 40.2 Å². The van der Waals surface area contributed by atoms with Gasteiger partial charge in [-0.3, -0.25) is 24.0 Å². The first kappa shape index (κ1) is 78.1. The minimum atomic E-state index is -0.855. The van der Waals surface area contributed by atoms with E-state index in [-0.39, 0.29) is 117 Å². The molecule has 29 heteroatoms. The first-order valence-corrected chi connectivity index (χ1v) is 32.4. The summed E-state index contributed by atoms with van der Waals surface area (Å²) in [6.45, 7) is 8.68. The first-order valence-electron chi connectivity index (χ1n) is 32.4. The number of methoxy groups -OCH3 is 3. The summed E-state index contributed by atoms with van der Waals surface area (Å²) in [5.41, 5.74) is 2.60. The second-order valence-corrected chi connectivity index (χ2v) is 21.1. The predicted molar refractivity (Wildman–Crippen MR) is 346 cm³/mol. The number of carbonyl (C=O) groups is 6. The van der Waals surface area contributed by atoms with Crippen LogP contribution in [0.3, 0.4) is 0 Å². The molecule has 0 radical (unpaired) electrons. The van der Waals surface area contributed by atoms with Crippen molar-refractivity contribution in [2.75, 3.05) is 206 Å². The molecular weight excluding hydrogens is 1270 g/mol. The van der Waals surface area contributed by atoms with Crippen LogP contribution in [0.25, 0.3) is 0 Å². The number of amides is 5. The van der Waals surface area contributed by atoms with Crippen LogP contribution in [0, 0.1) is 0 Å². The predicted octanol–water partition coefficient (Wildman–Crippen LogP) is 4.20. The standard InChI is InChI=1S/C68H94N4O25/c1-79-24-25-84-28-33-87-38-43-92-55-11-14-58-61(50-55)96-47-42-91-37-32-86-29-34-88-39-44-93-57-13-9-53(48-60(57)95-46-41-90-36-31-85-30-35-89-40-45-94-58)68(78)71-67(56-12-10-54(80-2)49-59(56)81-3)52-7-4-51(5-8-52)6-15-62(73)69-20-22-82-26-27-83-23-21-70-63(74)16-19-66(77)97-72-64(75)17-18-65(72)76/h4-5,7-14,48-50,67H,6,15-47H2,1-3H3,(H,69,73)(H,70,74)(H,71,78). The number of nitrogens with one attached hydrogen (secondary N) is 3. The van der Waals surface area contributed by atoms with Crippen molar-refractivity contribution in [1.29, 1.82) is 0 Å². The molecule has 1 unspecified atom stereocenters. The van der Waals surface area contributed by atoms with Crippen molar-refractivity contribution >= 4 is 35.5 Å². The Bertz CT molecular complexity index is 2920. The van der Waals surface area contributed by atoms with Gasteiger partial charge in [0.25, 0.3) is 17.7 Å². The number of fused-ring (bicyclic) bond motifs is 2. The molecule has 0 aromatic heterocycles. The molecule has 1 atom stereocenters. The van der Waals surface area contributed by atoms with Gasteiger partial charge in [-0.15, -0.1) is 5.06 Å². The van der Waals surface area contributed by atoms with Gasteiger partial charge in [0.05, 0.1) is 165 Å². The van der Waals surface area contributed by atoms with Gasteiger partial charge < -0.3 is 106 Å². The van der Waals surface area contributed by atoms with E-state index in [1.165, 1.54) is 0 Å². The molecule has 3 N–H and O–H groups in total. The maximum atomic E-state index is 14.4. The molecule has 5 amide bonds. The van der Waals surface area contributed by atoms with Crippen molar-refractivity contribution in [3.05, 3.63) is 101 Å². The van der Waals surface area contributed by atoms with Crippen LogP contribution >= 0.6 is 0 Å². The molecular formula is C68H94N4O25. The van der Waals surface area contributed by atoms with E-state index in [9.17, 15) is 28.8 Å². The molecule has 0 saturated carbocycles. The van der Waals surface area contributed by atoms with E-state index in [1.807, 2.05) is 30.3 Å². The fourth-order valence-electron chi connectivity index (χ4n) is 9.09. The molecule has 0 aliphatic carbocycles. The molecule has 0 bridgehead atoms. The Morgan fingerprint density at radius 3 is 1.47 bits per heavy atom. The molecule has 2 aliphatic rings. The Hall–Kier alpha value is -7.94. The first-order chi connectivity index (χ1) is 47.5. The average Bonchev–Trinajstić information content (AvgIpc) is 1.22. The lowest BCUT2D eigenvalue weighted by Gasteiger charge is -2.23. The zero-order valence-corrected chi connectivity index (χ0v) is 55.8. The maximum Gasteiger partial charge on any atom is 0.333 e. The third-order valence-corrected chi connectivity index (χ3v) is 14.1. The molecule has 1 saturated heterocycles. The zero-order valence-electron chi connectivity index (χ0n) is 55.8. The van der Waals surface area contributed by atoms with E-state index in [4.69, 9.17) is 90.1 Å². The number of nitrogens with zero attached hydrogens (tertiary/aromatic N) is 1. The molecule has 4 aromatic carbocycles. The summed E-state index contributed by atoms with van der Waals surface area (Å²) in [5.74, 6) is 0.352. The minimum Gasteiger partial charge on any atom is -0.497 e. The number of hydroxylamine groups is 2. The molecule has 6 rings (SSSR count). The number of benzene rings is 4. The highest BCUT2D eigenvalue weighted by Gasteiger charge is 2.33. The van der Waals surface area contributed by atoms with Crippen LogP contribution in [0.4, 0.5) is 0 Å². The number of imide groups is 1. The molecule has 4 aromatic rings.